The van der Waals surface area contributed by atoms with Crippen molar-refractivity contribution in [2.75, 3.05) is 6.54 Å². The summed E-state index contributed by atoms with van der Waals surface area (Å²) in [5.74, 6) is -0.523. The van der Waals surface area contributed by atoms with Gasteiger partial charge in [0.15, 0.2) is 0 Å². The van der Waals surface area contributed by atoms with Gasteiger partial charge in [0.05, 0.1) is 3.79 Å². The number of halogens is 1. The number of unbranched alkanes of at least 4 members (excludes halogenated alkanes) is 1. The molecule has 0 atom stereocenters. The Bertz CT molecular complexity index is 566. The van der Waals surface area contributed by atoms with Gasteiger partial charge in [0, 0.05) is 6.54 Å². The zero-order valence-electron chi connectivity index (χ0n) is 11.3. The van der Waals surface area contributed by atoms with Gasteiger partial charge in [0.25, 0.3) is 0 Å². The Labute approximate surface area is 131 Å². The Morgan fingerprint density at radius 3 is 2.60 bits per heavy atom. The largest absolute Gasteiger partial charge is 0.477 e. The molecule has 0 saturated carbocycles. The van der Waals surface area contributed by atoms with Gasteiger partial charge in [-0.1, -0.05) is 26.7 Å². The van der Waals surface area contributed by atoms with E-state index in [1.54, 1.807) is 0 Å². The van der Waals surface area contributed by atoms with Crippen LogP contribution in [0.25, 0.3) is 0 Å². The number of carbonyl (C=O) groups is 1. The van der Waals surface area contributed by atoms with Crippen molar-refractivity contribution in [1.29, 1.82) is 0 Å². The van der Waals surface area contributed by atoms with Crippen molar-refractivity contribution < 1.29 is 18.3 Å². The van der Waals surface area contributed by atoms with Gasteiger partial charge in [-0.25, -0.2) is 17.9 Å². The zero-order chi connectivity index (χ0) is 15.3. The van der Waals surface area contributed by atoms with Gasteiger partial charge in [-0.15, -0.1) is 11.3 Å². The average molecular weight is 384 g/mol. The topological polar surface area (TPSA) is 83.5 Å². The third-order valence-corrected chi connectivity index (χ3v) is 6.36. The Balaban J connectivity index is 2.63. The van der Waals surface area contributed by atoms with Crippen LogP contribution in [0.15, 0.2) is 14.7 Å². The minimum atomic E-state index is -3.65. The van der Waals surface area contributed by atoms with Crippen LogP contribution in [0.5, 0.6) is 0 Å². The molecule has 1 aromatic rings. The first-order chi connectivity index (χ1) is 9.24. The van der Waals surface area contributed by atoms with E-state index in [0.717, 1.165) is 30.6 Å². The summed E-state index contributed by atoms with van der Waals surface area (Å²) in [7, 11) is -3.65. The normalized spacial score (nSPS) is 12.0. The molecule has 114 valence electrons. The maximum atomic E-state index is 12.1. The molecule has 0 aliphatic rings. The fourth-order valence-electron chi connectivity index (χ4n) is 1.60. The van der Waals surface area contributed by atoms with Crippen LogP contribution in [0, 0.1) is 5.92 Å². The monoisotopic (exact) mass is 383 g/mol. The second kappa shape index (κ2) is 7.53. The highest BCUT2D eigenvalue weighted by atomic mass is 79.9. The predicted octanol–water partition coefficient (Wildman–Crippen LogP) is 3.31. The van der Waals surface area contributed by atoms with Crippen LogP contribution >= 0.6 is 27.3 Å². The molecule has 0 fully saturated rings. The molecule has 1 heterocycles. The zero-order valence-corrected chi connectivity index (χ0v) is 14.6. The Hall–Kier alpha value is -0.440. The van der Waals surface area contributed by atoms with E-state index < -0.39 is 16.0 Å². The number of rotatable bonds is 8. The highest BCUT2D eigenvalue weighted by Crippen LogP contribution is 2.31. The predicted molar refractivity (Wildman–Crippen MR) is 82.9 cm³/mol. The van der Waals surface area contributed by atoms with Crippen LogP contribution in [0.3, 0.4) is 0 Å². The van der Waals surface area contributed by atoms with Crippen LogP contribution < -0.4 is 4.72 Å². The lowest BCUT2D eigenvalue weighted by Crippen LogP contribution is -2.24. The minimum absolute atomic E-state index is 0.00272. The van der Waals surface area contributed by atoms with E-state index >= 15 is 0 Å². The highest BCUT2D eigenvalue weighted by molar-refractivity contribution is 9.11. The smallest absolute Gasteiger partial charge is 0.345 e. The number of aromatic carboxylic acids is 1. The van der Waals surface area contributed by atoms with Crippen LogP contribution in [0.1, 0.15) is 42.8 Å². The first-order valence-electron chi connectivity index (χ1n) is 6.26. The van der Waals surface area contributed by atoms with Crippen LogP contribution in [0.4, 0.5) is 0 Å². The van der Waals surface area contributed by atoms with Crippen LogP contribution in [-0.4, -0.2) is 26.0 Å². The molecule has 0 bridgehead atoms. The summed E-state index contributed by atoms with van der Waals surface area (Å²) < 4.78 is 26.9. The standard InChI is InChI=1S/C12H18BrNO4S2/c1-8(2)5-3-4-6-14-20(17,18)10-7-9(12(15)16)19-11(10)13/h7-8,14H,3-6H2,1-2H3,(H,15,16). The maximum Gasteiger partial charge on any atom is 0.345 e. The summed E-state index contributed by atoms with van der Waals surface area (Å²) in [6, 6.07) is 1.17. The second-order valence-electron chi connectivity index (χ2n) is 4.84. The molecule has 0 saturated heterocycles. The lowest BCUT2D eigenvalue weighted by atomic mass is 10.1. The number of sulfonamides is 1. The van der Waals surface area contributed by atoms with Gasteiger partial charge < -0.3 is 5.11 Å². The fourth-order valence-corrected chi connectivity index (χ4v) is 5.08. The first-order valence-corrected chi connectivity index (χ1v) is 9.35. The SMILES string of the molecule is CC(C)CCCCNS(=O)(=O)c1cc(C(=O)O)sc1Br. The molecule has 1 rings (SSSR count). The molecular weight excluding hydrogens is 366 g/mol. The Morgan fingerprint density at radius 2 is 2.10 bits per heavy atom. The van der Waals surface area contributed by atoms with Gasteiger partial charge in [-0.3, -0.25) is 0 Å². The number of carboxylic acids is 1. The number of thiophene rings is 1. The molecule has 0 aromatic carbocycles. The lowest BCUT2D eigenvalue weighted by Gasteiger charge is -2.07. The van der Waals surface area contributed by atoms with Crippen molar-refractivity contribution in [1.82, 2.24) is 4.72 Å². The molecule has 0 aliphatic heterocycles. The van der Waals surface area contributed by atoms with E-state index in [2.05, 4.69) is 34.5 Å². The van der Waals surface area contributed by atoms with Gasteiger partial charge in [-0.05, 0) is 34.3 Å². The van der Waals surface area contributed by atoms with E-state index in [1.807, 2.05) is 0 Å². The molecule has 0 spiro atoms. The van der Waals surface area contributed by atoms with E-state index in [4.69, 9.17) is 5.11 Å². The van der Waals surface area contributed by atoms with E-state index in [1.165, 1.54) is 6.07 Å². The third kappa shape index (κ3) is 5.16. The molecule has 5 nitrogen and oxygen atoms in total. The molecule has 1 aromatic heterocycles. The average Bonchev–Trinajstić information content (AvgIpc) is 2.71. The number of nitrogens with one attached hydrogen (secondary N) is 1. The summed E-state index contributed by atoms with van der Waals surface area (Å²) in [5, 5.41) is 8.86. The first kappa shape index (κ1) is 17.6. The molecule has 0 aliphatic carbocycles. The second-order valence-corrected chi connectivity index (χ2v) is 8.95. The van der Waals surface area contributed by atoms with Crippen LogP contribution in [-0.2, 0) is 10.0 Å². The molecule has 20 heavy (non-hydrogen) atoms. The summed E-state index contributed by atoms with van der Waals surface area (Å²) in [6.45, 7) is 4.61. The highest BCUT2D eigenvalue weighted by Gasteiger charge is 2.22. The third-order valence-electron chi connectivity index (χ3n) is 2.66. The molecular formula is C12H18BrNO4S2. The van der Waals surface area contributed by atoms with Crippen molar-refractivity contribution in [3.8, 4) is 0 Å². The Morgan fingerprint density at radius 1 is 1.45 bits per heavy atom. The minimum Gasteiger partial charge on any atom is -0.477 e. The number of hydrogen-bond donors (Lipinski definition) is 2. The Kier molecular flexibility index (Phi) is 6.63. The summed E-state index contributed by atoms with van der Waals surface area (Å²) >= 11 is 3.99. The van der Waals surface area contributed by atoms with Crippen LogP contribution in [0.2, 0.25) is 0 Å². The molecule has 2 N–H and O–H groups in total. The maximum absolute atomic E-state index is 12.1. The quantitative estimate of drug-likeness (QED) is 0.674. The van der Waals surface area contributed by atoms with Gasteiger partial charge >= 0.3 is 5.97 Å². The fraction of sp³-hybridized carbons (Fsp3) is 0.583. The van der Waals surface area contributed by atoms with Gasteiger partial charge in [-0.2, -0.15) is 0 Å². The van der Waals surface area contributed by atoms with Gasteiger partial charge in [0.1, 0.15) is 9.77 Å². The molecule has 0 radical (unpaired) electrons. The number of carboxylic acid groups (broad SMARTS) is 1. The molecule has 0 unspecified atom stereocenters. The molecule has 8 heteroatoms. The van der Waals surface area contributed by atoms with Gasteiger partial charge in [0.2, 0.25) is 10.0 Å². The number of hydrogen-bond acceptors (Lipinski definition) is 4. The van der Waals surface area contributed by atoms with E-state index in [0.29, 0.717) is 16.2 Å². The van der Waals surface area contributed by atoms with E-state index in [9.17, 15) is 13.2 Å². The molecule has 0 amide bonds. The summed E-state index contributed by atoms with van der Waals surface area (Å²) in [6.07, 6.45) is 2.79. The van der Waals surface area contributed by atoms with Crippen molar-refractivity contribution in [2.24, 2.45) is 5.92 Å². The summed E-state index contributed by atoms with van der Waals surface area (Å²) in [5.41, 5.74) is 0. The van der Waals surface area contributed by atoms with Crippen molar-refractivity contribution >= 4 is 43.3 Å². The summed E-state index contributed by atoms with van der Waals surface area (Å²) in [4.78, 5) is 10.8. The van der Waals surface area contributed by atoms with Crippen molar-refractivity contribution in [3.05, 3.63) is 14.7 Å². The van der Waals surface area contributed by atoms with Crippen molar-refractivity contribution in [2.45, 2.75) is 38.0 Å². The van der Waals surface area contributed by atoms with E-state index in [-0.39, 0.29) is 9.77 Å². The van der Waals surface area contributed by atoms with Crippen molar-refractivity contribution in [3.63, 3.8) is 0 Å². The lowest BCUT2D eigenvalue weighted by molar-refractivity contribution is 0.0702.